The molecule has 1 heterocycles. The summed E-state index contributed by atoms with van der Waals surface area (Å²) in [6, 6.07) is 8.51. The van der Waals surface area contributed by atoms with Gasteiger partial charge in [0.25, 0.3) is 0 Å². The Balaban J connectivity index is 1.62. The first kappa shape index (κ1) is 16.8. The molecule has 0 N–H and O–H groups in total. The fraction of sp³-hybridized carbons (Fsp3) is 0.611. The largest absolute Gasteiger partial charge is 0.444 e. The van der Waals surface area contributed by atoms with Gasteiger partial charge in [-0.15, -0.1) is 0 Å². The normalized spacial score (nSPS) is 20.6. The van der Waals surface area contributed by atoms with Crippen LogP contribution in [0, 0.1) is 0 Å². The molecule has 1 saturated carbocycles. The summed E-state index contributed by atoms with van der Waals surface area (Å²) in [6.45, 7) is 9.15. The van der Waals surface area contributed by atoms with Gasteiger partial charge in [-0.05, 0) is 51.3 Å². The van der Waals surface area contributed by atoms with E-state index >= 15 is 0 Å². The third-order valence-electron chi connectivity index (χ3n) is 4.56. The molecule has 3 rings (SSSR count). The molecule has 1 aromatic rings. The van der Waals surface area contributed by atoms with Crippen molar-refractivity contribution < 1.29 is 9.53 Å². The quantitative estimate of drug-likeness (QED) is 0.775. The minimum atomic E-state index is -0.428. The van der Waals surface area contributed by atoms with Crippen LogP contribution in [0.3, 0.4) is 0 Å². The minimum Gasteiger partial charge on any atom is -0.444 e. The number of carbonyl (C=O) groups is 1. The second-order valence-corrected chi connectivity index (χ2v) is 8.59. The molecule has 5 heteroatoms. The first-order valence-corrected chi connectivity index (χ1v) is 9.04. The number of hydrogen-bond acceptors (Lipinski definition) is 3. The molecule has 0 atom stereocenters. The summed E-state index contributed by atoms with van der Waals surface area (Å²) >= 11 is 3.48. The third kappa shape index (κ3) is 4.07. The average molecular weight is 381 g/mol. The second kappa shape index (κ2) is 6.10. The van der Waals surface area contributed by atoms with Crippen molar-refractivity contribution in [2.24, 2.45) is 0 Å². The average Bonchev–Trinajstić information content (AvgIpc) is 3.22. The Morgan fingerprint density at radius 2 is 1.87 bits per heavy atom. The molecular formula is C18H25BrN2O2. The zero-order chi connectivity index (χ0) is 16.7. The molecule has 0 bridgehead atoms. The Hall–Kier alpha value is -1.07. The molecule has 2 aliphatic rings. The summed E-state index contributed by atoms with van der Waals surface area (Å²) in [5, 5.41) is 0. The topological polar surface area (TPSA) is 32.8 Å². The van der Waals surface area contributed by atoms with Crippen molar-refractivity contribution in [3.63, 3.8) is 0 Å². The molecule has 126 valence electrons. The van der Waals surface area contributed by atoms with E-state index in [9.17, 15) is 4.79 Å². The van der Waals surface area contributed by atoms with E-state index in [0.29, 0.717) is 0 Å². The summed E-state index contributed by atoms with van der Waals surface area (Å²) < 4.78 is 6.64. The van der Waals surface area contributed by atoms with Crippen LogP contribution in [0.4, 0.5) is 4.79 Å². The Kier molecular flexibility index (Phi) is 4.45. The Morgan fingerprint density at radius 3 is 2.43 bits per heavy atom. The zero-order valence-electron chi connectivity index (χ0n) is 14.1. The molecule has 1 aliphatic carbocycles. The van der Waals surface area contributed by atoms with E-state index in [0.717, 1.165) is 30.7 Å². The fourth-order valence-electron chi connectivity index (χ4n) is 3.17. The van der Waals surface area contributed by atoms with Crippen LogP contribution in [-0.2, 0) is 11.3 Å². The van der Waals surface area contributed by atoms with Gasteiger partial charge in [-0.3, -0.25) is 4.90 Å². The summed E-state index contributed by atoms with van der Waals surface area (Å²) in [5.74, 6) is 0. The van der Waals surface area contributed by atoms with Crippen LogP contribution in [0.15, 0.2) is 28.7 Å². The maximum absolute atomic E-state index is 12.3. The number of benzene rings is 1. The predicted molar refractivity (Wildman–Crippen MR) is 94.3 cm³/mol. The molecule has 0 unspecified atom stereocenters. The van der Waals surface area contributed by atoms with Gasteiger partial charge in [0.2, 0.25) is 0 Å². The van der Waals surface area contributed by atoms with E-state index in [2.05, 4.69) is 45.1 Å². The molecule has 4 nitrogen and oxygen atoms in total. The summed E-state index contributed by atoms with van der Waals surface area (Å²) in [7, 11) is 0. The number of amides is 1. The number of piperazine rings is 1. The number of hydrogen-bond donors (Lipinski definition) is 0. The number of nitrogens with zero attached hydrogens (tertiary/aromatic N) is 2. The van der Waals surface area contributed by atoms with Crippen molar-refractivity contribution in [3.05, 3.63) is 34.3 Å². The SMILES string of the molecule is CC(C)(C)OC(=O)N1CCN(Cc2ccc(Br)cc2)C2(CC2)C1. The molecule has 1 aliphatic heterocycles. The Bertz CT molecular complexity index is 576. The molecule has 1 spiro atoms. The first-order valence-electron chi connectivity index (χ1n) is 8.25. The van der Waals surface area contributed by atoms with Gasteiger partial charge in [0, 0.05) is 36.2 Å². The summed E-state index contributed by atoms with van der Waals surface area (Å²) in [4.78, 5) is 16.7. The fourth-order valence-corrected chi connectivity index (χ4v) is 3.44. The highest BCUT2D eigenvalue weighted by Crippen LogP contribution is 2.45. The minimum absolute atomic E-state index is 0.169. The summed E-state index contributed by atoms with van der Waals surface area (Å²) in [6.07, 6.45) is 2.16. The molecular weight excluding hydrogens is 356 g/mol. The number of rotatable bonds is 2. The van der Waals surface area contributed by atoms with Crippen molar-refractivity contribution in [1.82, 2.24) is 9.80 Å². The van der Waals surface area contributed by atoms with Crippen molar-refractivity contribution >= 4 is 22.0 Å². The molecule has 23 heavy (non-hydrogen) atoms. The maximum Gasteiger partial charge on any atom is 0.410 e. The van der Waals surface area contributed by atoms with Gasteiger partial charge in [-0.1, -0.05) is 28.1 Å². The van der Waals surface area contributed by atoms with Gasteiger partial charge < -0.3 is 9.64 Å². The molecule has 1 aromatic carbocycles. The number of ether oxygens (including phenoxy) is 1. The monoisotopic (exact) mass is 380 g/mol. The van der Waals surface area contributed by atoms with Gasteiger partial charge in [0.15, 0.2) is 0 Å². The number of halogens is 1. The highest BCUT2D eigenvalue weighted by atomic mass is 79.9. The Labute approximate surface area is 146 Å². The highest BCUT2D eigenvalue weighted by Gasteiger charge is 2.52. The predicted octanol–water partition coefficient (Wildman–Crippen LogP) is 4.03. The first-order chi connectivity index (χ1) is 10.8. The van der Waals surface area contributed by atoms with Crippen LogP contribution in [0.25, 0.3) is 0 Å². The zero-order valence-corrected chi connectivity index (χ0v) is 15.7. The van der Waals surface area contributed by atoms with E-state index < -0.39 is 5.60 Å². The third-order valence-corrected chi connectivity index (χ3v) is 5.09. The second-order valence-electron chi connectivity index (χ2n) is 7.67. The van der Waals surface area contributed by atoms with Gasteiger partial charge in [-0.25, -0.2) is 4.79 Å². The van der Waals surface area contributed by atoms with Crippen LogP contribution < -0.4 is 0 Å². The van der Waals surface area contributed by atoms with Crippen LogP contribution in [-0.4, -0.2) is 46.7 Å². The lowest BCUT2D eigenvalue weighted by Gasteiger charge is -2.42. The van der Waals surface area contributed by atoms with Crippen LogP contribution in [0.1, 0.15) is 39.2 Å². The van der Waals surface area contributed by atoms with E-state index in [1.807, 2.05) is 25.7 Å². The van der Waals surface area contributed by atoms with E-state index in [1.165, 1.54) is 18.4 Å². The van der Waals surface area contributed by atoms with E-state index in [1.54, 1.807) is 0 Å². The lowest BCUT2D eigenvalue weighted by Crippen LogP contribution is -2.56. The van der Waals surface area contributed by atoms with Crippen molar-refractivity contribution in [3.8, 4) is 0 Å². The highest BCUT2D eigenvalue weighted by molar-refractivity contribution is 9.10. The van der Waals surface area contributed by atoms with Gasteiger partial charge in [-0.2, -0.15) is 0 Å². The molecule has 1 amide bonds. The molecule has 0 aromatic heterocycles. The van der Waals surface area contributed by atoms with Crippen LogP contribution in [0.5, 0.6) is 0 Å². The van der Waals surface area contributed by atoms with E-state index in [-0.39, 0.29) is 11.6 Å². The molecule has 1 saturated heterocycles. The van der Waals surface area contributed by atoms with Gasteiger partial charge >= 0.3 is 6.09 Å². The molecule has 2 fully saturated rings. The van der Waals surface area contributed by atoms with Crippen molar-refractivity contribution in [1.29, 1.82) is 0 Å². The van der Waals surface area contributed by atoms with Gasteiger partial charge in [0.1, 0.15) is 5.60 Å². The smallest absolute Gasteiger partial charge is 0.410 e. The van der Waals surface area contributed by atoms with Crippen molar-refractivity contribution in [2.75, 3.05) is 19.6 Å². The lowest BCUT2D eigenvalue weighted by atomic mass is 10.1. The van der Waals surface area contributed by atoms with Crippen molar-refractivity contribution in [2.45, 2.75) is 51.3 Å². The molecule has 0 radical (unpaired) electrons. The van der Waals surface area contributed by atoms with Crippen LogP contribution >= 0.6 is 15.9 Å². The Morgan fingerprint density at radius 1 is 1.22 bits per heavy atom. The van der Waals surface area contributed by atoms with Gasteiger partial charge in [0.05, 0.1) is 0 Å². The summed E-state index contributed by atoms with van der Waals surface area (Å²) in [5.41, 5.74) is 1.06. The number of carbonyl (C=O) groups excluding carboxylic acids is 1. The van der Waals surface area contributed by atoms with Crippen LogP contribution in [0.2, 0.25) is 0 Å². The standard InChI is InChI=1S/C18H25BrN2O2/c1-17(2,3)23-16(22)20-10-11-21(18(13-20)8-9-18)12-14-4-6-15(19)7-5-14/h4-7H,8-13H2,1-3H3. The lowest BCUT2D eigenvalue weighted by molar-refractivity contribution is -0.00238. The maximum atomic E-state index is 12.3. The van der Waals surface area contributed by atoms with E-state index in [4.69, 9.17) is 4.74 Å².